The third-order valence-corrected chi connectivity index (χ3v) is 6.67. The van der Waals surface area contributed by atoms with Gasteiger partial charge < -0.3 is 20.4 Å². The number of halogens is 1. The van der Waals surface area contributed by atoms with Crippen LogP contribution in [0.5, 0.6) is 0 Å². The Morgan fingerprint density at radius 1 is 1.03 bits per heavy atom. The second kappa shape index (κ2) is 11.6. The summed E-state index contributed by atoms with van der Waals surface area (Å²) in [6.07, 6.45) is 7.94. The van der Waals surface area contributed by atoms with Gasteiger partial charge in [-0.2, -0.15) is 9.97 Å². The summed E-state index contributed by atoms with van der Waals surface area (Å²) in [6.45, 7) is 7.18. The summed E-state index contributed by atoms with van der Waals surface area (Å²) < 4.78 is 13.0. The summed E-state index contributed by atoms with van der Waals surface area (Å²) in [7, 11) is 0. The smallest absolute Gasteiger partial charge is 0.232 e. The topological polar surface area (TPSA) is 56.3 Å². The zero-order valence-electron chi connectivity index (χ0n) is 19.5. The molecule has 1 unspecified atom stereocenters. The summed E-state index contributed by atoms with van der Waals surface area (Å²) in [5, 5.41) is 7.00. The van der Waals surface area contributed by atoms with Crippen molar-refractivity contribution in [2.24, 2.45) is 5.92 Å². The van der Waals surface area contributed by atoms with Crippen LogP contribution in [0.2, 0.25) is 0 Å². The van der Waals surface area contributed by atoms with Crippen molar-refractivity contribution in [2.45, 2.75) is 51.9 Å². The van der Waals surface area contributed by atoms with Crippen molar-refractivity contribution in [3.63, 3.8) is 0 Å². The van der Waals surface area contributed by atoms with Crippen LogP contribution in [0.4, 0.5) is 22.0 Å². The fraction of sp³-hybridized carbons (Fsp3) is 0.560. The van der Waals surface area contributed by atoms with Gasteiger partial charge in [0.1, 0.15) is 17.5 Å². The molecule has 178 valence electrons. The van der Waals surface area contributed by atoms with E-state index in [1.165, 1.54) is 44.2 Å². The van der Waals surface area contributed by atoms with Crippen molar-refractivity contribution in [3.8, 4) is 0 Å². The minimum Gasteiger partial charge on any atom is -0.362 e. The van der Waals surface area contributed by atoms with Gasteiger partial charge in [-0.25, -0.2) is 4.39 Å². The van der Waals surface area contributed by atoms with Crippen LogP contribution in [0.1, 0.15) is 51.0 Å². The largest absolute Gasteiger partial charge is 0.362 e. The molecular formula is C25H35FN6S. The Morgan fingerprint density at radius 3 is 2.45 bits per heavy atom. The SMILES string of the molecule is CC1CCCN(c2cc(N3CCCCC3)nc(NC(=S)NCCCc3ccc(F)cc3)n2)C1. The Labute approximate surface area is 202 Å². The molecule has 2 aromatic rings. The molecule has 2 saturated heterocycles. The molecule has 33 heavy (non-hydrogen) atoms. The highest BCUT2D eigenvalue weighted by Crippen LogP contribution is 2.27. The Morgan fingerprint density at radius 2 is 1.73 bits per heavy atom. The molecule has 0 aliphatic carbocycles. The lowest BCUT2D eigenvalue weighted by Gasteiger charge is -2.33. The van der Waals surface area contributed by atoms with Crippen molar-refractivity contribution < 1.29 is 4.39 Å². The van der Waals surface area contributed by atoms with E-state index in [1.54, 1.807) is 0 Å². The summed E-state index contributed by atoms with van der Waals surface area (Å²) in [5.41, 5.74) is 1.12. The Bertz CT molecular complexity index is 916. The second-order valence-electron chi connectivity index (χ2n) is 9.26. The number of hydrogen-bond acceptors (Lipinski definition) is 5. The van der Waals surface area contributed by atoms with Gasteiger partial charge in [0.2, 0.25) is 5.95 Å². The molecule has 1 aromatic heterocycles. The number of piperidine rings is 2. The molecule has 0 spiro atoms. The average molecular weight is 471 g/mol. The molecule has 3 heterocycles. The predicted molar refractivity (Wildman–Crippen MR) is 138 cm³/mol. The van der Waals surface area contributed by atoms with E-state index in [1.807, 2.05) is 12.1 Å². The number of aromatic nitrogens is 2. The van der Waals surface area contributed by atoms with Crippen LogP contribution in [-0.2, 0) is 6.42 Å². The van der Waals surface area contributed by atoms with Crippen LogP contribution in [-0.4, -0.2) is 47.8 Å². The third kappa shape index (κ3) is 7.00. The van der Waals surface area contributed by atoms with Crippen molar-refractivity contribution in [1.29, 1.82) is 0 Å². The maximum Gasteiger partial charge on any atom is 0.232 e. The molecule has 1 atom stereocenters. The first-order valence-corrected chi connectivity index (χ1v) is 12.7. The van der Waals surface area contributed by atoms with Crippen molar-refractivity contribution >= 4 is 34.9 Å². The molecule has 0 amide bonds. The molecule has 2 aliphatic rings. The summed E-state index contributed by atoms with van der Waals surface area (Å²) in [4.78, 5) is 14.4. The van der Waals surface area contributed by atoms with Crippen LogP contribution < -0.4 is 20.4 Å². The number of rotatable bonds is 7. The van der Waals surface area contributed by atoms with Crippen molar-refractivity contribution in [3.05, 3.63) is 41.7 Å². The second-order valence-corrected chi connectivity index (χ2v) is 9.67. The zero-order valence-corrected chi connectivity index (χ0v) is 20.3. The van der Waals surface area contributed by atoms with E-state index in [4.69, 9.17) is 22.2 Å². The molecule has 1 aromatic carbocycles. The lowest BCUT2D eigenvalue weighted by molar-refractivity contribution is 0.444. The van der Waals surface area contributed by atoms with Gasteiger partial charge in [-0.1, -0.05) is 19.1 Å². The van der Waals surface area contributed by atoms with E-state index >= 15 is 0 Å². The lowest BCUT2D eigenvalue weighted by Crippen LogP contribution is -2.36. The lowest BCUT2D eigenvalue weighted by atomic mass is 10.0. The monoisotopic (exact) mass is 470 g/mol. The third-order valence-electron chi connectivity index (χ3n) is 6.43. The molecule has 4 rings (SSSR count). The minimum absolute atomic E-state index is 0.201. The molecule has 2 N–H and O–H groups in total. The van der Waals surface area contributed by atoms with Crippen LogP contribution in [0.25, 0.3) is 0 Å². The maximum atomic E-state index is 13.0. The minimum atomic E-state index is -0.201. The number of benzene rings is 1. The number of nitrogens with one attached hydrogen (secondary N) is 2. The fourth-order valence-electron chi connectivity index (χ4n) is 4.61. The van der Waals surface area contributed by atoms with Gasteiger partial charge in [-0.05, 0) is 80.8 Å². The van der Waals surface area contributed by atoms with Crippen molar-refractivity contribution in [1.82, 2.24) is 15.3 Å². The highest BCUT2D eigenvalue weighted by Gasteiger charge is 2.21. The average Bonchev–Trinajstić information content (AvgIpc) is 2.83. The maximum absolute atomic E-state index is 13.0. The Kier molecular flexibility index (Phi) is 8.31. The van der Waals surface area contributed by atoms with E-state index in [-0.39, 0.29) is 5.82 Å². The predicted octanol–water partition coefficient (Wildman–Crippen LogP) is 4.76. The van der Waals surface area contributed by atoms with Gasteiger partial charge in [-0.3, -0.25) is 0 Å². The molecular weight excluding hydrogens is 435 g/mol. The molecule has 2 aliphatic heterocycles. The van der Waals surface area contributed by atoms with Crippen molar-refractivity contribution in [2.75, 3.05) is 47.8 Å². The molecule has 6 nitrogen and oxygen atoms in total. The van der Waals surface area contributed by atoms with Crippen LogP contribution in [0.15, 0.2) is 30.3 Å². The summed E-state index contributed by atoms with van der Waals surface area (Å²) >= 11 is 5.52. The molecule has 0 bridgehead atoms. The zero-order chi connectivity index (χ0) is 23.0. The molecule has 0 radical (unpaired) electrons. The number of nitrogens with zero attached hydrogens (tertiary/aromatic N) is 4. The standard InChI is InChI=1S/C25H35FN6S/c1-19-7-6-16-32(18-19)23-17-22(31-14-3-2-4-15-31)28-24(29-23)30-25(33)27-13-5-8-20-9-11-21(26)12-10-20/h9-12,17,19H,2-8,13-16,18H2,1H3,(H2,27,28,29,30,33). The van der Waals surface area contributed by atoms with Gasteiger partial charge in [0.25, 0.3) is 0 Å². The fourth-order valence-corrected chi connectivity index (χ4v) is 4.81. The highest BCUT2D eigenvalue weighted by atomic mass is 32.1. The van der Waals surface area contributed by atoms with E-state index in [2.05, 4.69) is 33.4 Å². The first-order valence-electron chi connectivity index (χ1n) is 12.2. The highest BCUT2D eigenvalue weighted by molar-refractivity contribution is 7.80. The number of hydrogen-bond donors (Lipinski definition) is 2. The first-order chi connectivity index (χ1) is 16.1. The molecule has 8 heteroatoms. The number of aryl methyl sites for hydroxylation is 1. The Balaban J connectivity index is 1.37. The summed E-state index contributed by atoms with van der Waals surface area (Å²) in [6, 6.07) is 8.81. The van der Waals surface area contributed by atoms with Gasteiger partial charge in [-0.15, -0.1) is 0 Å². The van der Waals surface area contributed by atoms with E-state index in [0.29, 0.717) is 17.0 Å². The summed E-state index contributed by atoms with van der Waals surface area (Å²) in [5.74, 6) is 3.00. The van der Waals surface area contributed by atoms with Crippen LogP contribution >= 0.6 is 12.2 Å². The molecule has 2 fully saturated rings. The van der Waals surface area contributed by atoms with E-state index in [0.717, 1.165) is 62.8 Å². The van der Waals surface area contributed by atoms with Gasteiger partial charge in [0.05, 0.1) is 0 Å². The number of thiocarbonyl (C=S) groups is 1. The van der Waals surface area contributed by atoms with Gasteiger partial charge >= 0.3 is 0 Å². The normalized spacial score (nSPS) is 18.8. The van der Waals surface area contributed by atoms with E-state index in [9.17, 15) is 4.39 Å². The van der Waals surface area contributed by atoms with Crippen LogP contribution in [0, 0.1) is 11.7 Å². The van der Waals surface area contributed by atoms with E-state index < -0.39 is 0 Å². The quantitative estimate of drug-likeness (QED) is 0.447. The van der Waals surface area contributed by atoms with Crippen LogP contribution in [0.3, 0.4) is 0 Å². The Hall–Kier alpha value is -2.48. The number of anilines is 3. The van der Waals surface area contributed by atoms with Gasteiger partial charge in [0.15, 0.2) is 5.11 Å². The molecule has 0 saturated carbocycles. The van der Waals surface area contributed by atoms with Gasteiger partial charge in [0, 0.05) is 38.8 Å². The first kappa shape index (κ1) is 23.7.